The summed E-state index contributed by atoms with van der Waals surface area (Å²) in [5.74, 6) is 5.98. The summed E-state index contributed by atoms with van der Waals surface area (Å²) in [6.07, 6.45) is 6.43. The summed E-state index contributed by atoms with van der Waals surface area (Å²) in [6.45, 7) is 7.39. The summed E-state index contributed by atoms with van der Waals surface area (Å²) in [5, 5.41) is 0. The Bertz CT molecular complexity index is 1310. The quantitative estimate of drug-likeness (QED) is 0.177. The molecule has 36 heavy (non-hydrogen) atoms. The lowest BCUT2D eigenvalue weighted by atomic mass is 10.00. The Balaban J connectivity index is 1.44. The highest BCUT2D eigenvalue weighted by atomic mass is 19.1. The fourth-order valence-corrected chi connectivity index (χ4v) is 4.01. The zero-order valence-electron chi connectivity index (χ0n) is 20.2. The maximum Gasteiger partial charge on any atom is 0.127 e. The number of benzene rings is 4. The van der Waals surface area contributed by atoms with E-state index < -0.39 is 0 Å². The first-order valence-electron chi connectivity index (χ1n) is 12.1. The summed E-state index contributed by atoms with van der Waals surface area (Å²) in [5.41, 5.74) is 6.75. The molecule has 0 radical (unpaired) electrons. The van der Waals surface area contributed by atoms with Gasteiger partial charge >= 0.3 is 0 Å². The molecule has 0 nitrogen and oxygen atoms in total. The summed E-state index contributed by atoms with van der Waals surface area (Å²) in [6, 6.07) is 26.3. The Labute approximate surface area is 212 Å². The van der Waals surface area contributed by atoms with Crippen LogP contribution in [0.2, 0.25) is 0 Å². The second-order valence-corrected chi connectivity index (χ2v) is 8.67. The van der Waals surface area contributed by atoms with Gasteiger partial charge in [-0.2, -0.15) is 0 Å². The van der Waals surface area contributed by atoms with Gasteiger partial charge in [-0.05, 0) is 95.5 Å². The van der Waals surface area contributed by atoms with Crippen LogP contribution in [0.15, 0.2) is 110 Å². The summed E-state index contributed by atoms with van der Waals surface area (Å²) < 4.78 is 28.8. The van der Waals surface area contributed by atoms with Gasteiger partial charge in [-0.1, -0.05) is 72.5 Å². The van der Waals surface area contributed by atoms with E-state index in [2.05, 4.69) is 25.0 Å². The van der Waals surface area contributed by atoms with Gasteiger partial charge in [0.05, 0.1) is 0 Å². The van der Waals surface area contributed by atoms with E-state index in [0.29, 0.717) is 24.0 Å². The number of allylic oxidation sites excluding steroid dienone is 2. The van der Waals surface area contributed by atoms with E-state index >= 15 is 0 Å². The van der Waals surface area contributed by atoms with Crippen LogP contribution in [0.1, 0.15) is 35.1 Å². The molecule has 0 spiro atoms. The van der Waals surface area contributed by atoms with Gasteiger partial charge < -0.3 is 0 Å². The second kappa shape index (κ2) is 12.0. The Morgan fingerprint density at radius 3 is 1.22 bits per heavy atom. The lowest BCUT2D eigenvalue weighted by Crippen LogP contribution is -1.91. The van der Waals surface area contributed by atoms with Gasteiger partial charge in [0.1, 0.15) is 11.6 Å². The van der Waals surface area contributed by atoms with Crippen LogP contribution in [-0.2, 0) is 12.8 Å². The highest BCUT2D eigenvalue weighted by Crippen LogP contribution is 2.24. The zero-order valence-corrected chi connectivity index (χ0v) is 20.2. The third-order valence-corrected chi connectivity index (χ3v) is 6.13. The second-order valence-electron chi connectivity index (χ2n) is 8.67. The molecule has 0 aliphatic carbocycles. The van der Waals surface area contributed by atoms with Crippen LogP contribution in [0.3, 0.4) is 0 Å². The molecule has 0 N–H and O–H groups in total. The molecule has 4 aromatic carbocycles. The smallest absolute Gasteiger partial charge is 0.127 e. The molecular formula is C34H28F2. The number of aryl methyl sites for hydroxylation is 2. The van der Waals surface area contributed by atoms with Crippen LogP contribution in [0, 0.1) is 23.5 Å². The van der Waals surface area contributed by atoms with Gasteiger partial charge in [0.15, 0.2) is 0 Å². The Hall–Kier alpha value is -4.22. The van der Waals surface area contributed by atoms with Crippen LogP contribution in [-0.4, -0.2) is 0 Å². The Kier molecular flexibility index (Phi) is 8.27. The van der Waals surface area contributed by atoms with E-state index in [-0.39, 0.29) is 11.6 Å². The predicted molar refractivity (Wildman–Crippen MR) is 147 cm³/mol. The summed E-state index contributed by atoms with van der Waals surface area (Å²) >= 11 is 0. The highest BCUT2D eigenvalue weighted by Gasteiger charge is 2.06. The van der Waals surface area contributed by atoms with Gasteiger partial charge in [-0.3, -0.25) is 0 Å². The first-order chi connectivity index (χ1) is 17.6. The van der Waals surface area contributed by atoms with Crippen molar-refractivity contribution in [3.8, 4) is 34.1 Å². The van der Waals surface area contributed by atoms with Crippen molar-refractivity contribution in [2.75, 3.05) is 0 Å². The normalized spacial score (nSPS) is 10.4. The maximum atomic E-state index is 14.4. The topological polar surface area (TPSA) is 0 Å². The fourth-order valence-electron chi connectivity index (χ4n) is 4.01. The molecule has 0 amide bonds. The molecule has 178 valence electrons. The van der Waals surface area contributed by atoms with Crippen molar-refractivity contribution in [3.63, 3.8) is 0 Å². The lowest BCUT2D eigenvalue weighted by molar-refractivity contribution is 0.609. The number of rotatable bonds is 8. The third kappa shape index (κ3) is 6.26. The monoisotopic (exact) mass is 474 g/mol. The molecule has 4 rings (SSSR count). The number of hydrogen-bond donors (Lipinski definition) is 0. The van der Waals surface area contributed by atoms with Crippen molar-refractivity contribution < 1.29 is 8.78 Å². The first kappa shape index (κ1) is 24.9. The van der Waals surface area contributed by atoms with Gasteiger partial charge in [0.25, 0.3) is 0 Å². The largest absolute Gasteiger partial charge is 0.207 e. The van der Waals surface area contributed by atoms with E-state index in [1.165, 1.54) is 0 Å². The van der Waals surface area contributed by atoms with Gasteiger partial charge in [-0.15, -0.1) is 13.2 Å². The fraction of sp³-hybridized carbons (Fsp3) is 0.118. The van der Waals surface area contributed by atoms with Crippen molar-refractivity contribution >= 4 is 0 Å². The molecule has 0 heterocycles. The van der Waals surface area contributed by atoms with Crippen LogP contribution in [0.4, 0.5) is 8.78 Å². The molecule has 0 aliphatic rings. The molecule has 4 aromatic rings. The standard InChI is InChI=1S/C34H28F2/c1-3-5-7-29-19-21-31(23-33(29)35)27-15-11-25(12-16-27)9-10-26-13-17-28(18-14-26)32-22-20-30(8-6-4-2)34(36)24-32/h3-4,11-24H,1-2,5-8H2. The molecule has 0 saturated heterocycles. The van der Waals surface area contributed by atoms with Crippen LogP contribution in [0.25, 0.3) is 22.3 Å². The number of halogens is 2. The Morgan fingerprint density at radius 2 is 0.889 bits per heavy atom. The zero-order chi connectivity index (χ0) is 25.3. The molecule has 0 fully saturated rings. The predicted octanol–water partition coefficient (Wildman–Crippen LogP) is 8.94. The molecule has 0 aromatic heterocycles. The van der Waals surface area contributed by atoms with Crippen LogP contribution < -0.4 is 0 Å². The van der Waals surface area contributed by atoms with E-state index in [4.69, 9.17) is 0 Å². The van der Waals surface area contributed by atoms with E-state index in [9.17, 15) is 8.78 Å². The van der Waals surface area contributed by atoms with Crippen LogP contribution in [0.5, 0.6) is 0 Å². The molecular weight excluding hydrogens is 446 g/mol. The molecule has 0 bridgehead atoms. The minimum absolute atomic E-state index is 0.187. The SMILES string of the molecule is C=CCCc1ccc(-c2ccc(C#Cc3ccc(-c4ccc(CCC=C)c(F)c4)cc3)cc2)cc1F. The van der Waals surface area contributed by atoms with E-state index in [1.807, 2.05) is 72.8 Å². The van der Waals surface area contributed by atoms with Crippen molar-refractivity contribution in [3.05, 3.63) is 144 Å². The molecule has 0 unspecified atom stereocenters. The summed E-state index contributed by atoms with van der Waals surface area (Å²) in [4.78, 5) is 0. The lowest BCUT2D eigenvalue weighted by Gasteiger charge is -2.06. The molecule has 0 atom stereocenters. The molecule has 0 aliphatic heterocycles. The molecule has 0 saturated carbocycles. The van der Waals surface area contributed by atoms with E-state index in [0.717, 1.165) is 46.2 Å². The minimum atomic E-state index is -0.187. The van der Waals surface area contributed by atoms with Crippen LogP contribution >= 0.6 is 0 Å². The first-order valence-corrected chi connectivity index (χ1v) is 12.1. The van der Waals surface area contributed by atoms with Crippen molar-refractivity contribution in [2.45, 2.75) is 25.7 Å². The maximum absolute atomic E-state index is 14.4. The van der Waals surface area contributed by atoms with Crippen molar-refractivity contribution in [2.24, 2.45) is 0 Å². The molecule has 2 heteroatoms. The minimum Gasteiger partial charge on any atom is -0.207 e. The van der Waals surface area contributed by atoms with Gasteiger partial charge in [-0.25, -0.2) is 8.78 Å². The number of hydrogen-bond acceptors (Lipinski definition) is 0. The average molecular weight is 475 g/mol. The highest BCUT2D eigenvalue weighted by molar-refractivity contribution is 5.66. The van der Waals surface area contributed by atoms with Crippen molar-refractivity contribution in [1.82, 2.24) is 0 Å². The Morgan fingerprint density at radius 1 is 0.528 bits per heavy atom. The van der Waals surface area contributed by atoms with Crippen molar-refractivity contribution in [1.29, 1.82) is 0 Å². The summed E-state index contributed by atoms with van der Waals surface area (Å²) in [7, 11) is 0. The van der Waals surface area contributed by atoms with Gasteiger partial charge in [0, 0.05) is 11.1 Å². The van der Waals surface area contributed by atoms with E-state index in [1.54, 1.807) is 24.3 Å². The average Bonchev–Trinajstić information content (AvgIpc) is 2.91. The van der Waals surface area contributed by atoms with Gasteiger partial charge in [0.2, 0.25) is 0 Å². The third-order valence-electron chi connectivity index (χ3n) is 6.13.